The number of benzene rings is 1. The zero-order chi connectivity index (χ0) is 15.6. The predicted molar refractivity (Wildman–Crippen MR) is 77.1 cm³/mol. The van der Waals surface area contributed by atoms with Crippen LogP contribution in [0.1, 0.15) is 23.2 Å². The van der Waals surface area contributed by atoms with Gasteiger partial charge in [0.15, 0.2) is 0 Å². The smallest absolute Gasteiger partial charge is 0.339 e. The van der Waals surface area contributed by atoms with Gasteiger partial charge in [0.25, 0.3) is 0 Å². The maximum atomic E-state index is 12.6. The van der Waals surface area contributed by atoms with Gasteiger partial charge >= 0.3 is 5.97 Å². The summed E-state index contributed by atoms with van der Waals surface area (Å²) in [5.41, 5.74) is -0.173. The number of ether oxygens (including phenoxy) is 1. The largest absolute Gasteiger partial charge is 0.496 e. The summed E-state index contributed by atoms with van der Waals surface area (Å²) in [6.07, 6.45) is 3.15. The highest BCUT2D eigenvalue weighted by Crippen LogP contribution is 2.33. The average Bonchev–Trinajstić information content (AvgIpc) is 3.28. The van der Waals surface area contributed by atoms with Gasteiger partial charge in [0, 0.05) is 12.6 Å². The molecule has 1 N–H and O–H groups in total. The van der Waals surface area contributed by atoms with Crippen molar-refractivity contribution in [2.24, 2.45) is 0 Å². The van der Waals surface area contributed by atoms with Crippen molar-refractivity contribution in [3.63, 3.8) is 0 Å². The normalized spacial score (nSPS) is 15.0. The van der Waals surface area contributed by atoms with Crippen LogP contribution in [0.4, 0.5) is 0 Å². The zero-order valence-electron chi connectivity index (χ0n) is 11.7. The first-order valence-electron chi connectivity index (χ1n) is 6.46. The Bertz CT molecular complexity index is 664. The first-order chi connectivity index (χ1) is 9.91. The van der Waals surface area contributed by atoms with Crippen LogP contribution in [0.5, 0.6) is 5.75 Å². The number of carboxylic acid groups (broad SMARTS) is 1. The molecule has 114 valence electrons. The van der Waals surface area contributed by atoms with Crippen molar-refractivity contribution in [1.29, 1.82) is 0 Å². The van der Waals surface area contributed by atoms with Crippen molar-refractivity contribution in [1.82, 2.24) is 4.31 Å². The summed E-state index contributed by atoms with van der Waals surface area (Å²) in [6, 6.07) is 3.83. The molecule has 1 saturated carbocycles. The molecule has 6 nitrogen and oxygen atoms in total. The Morgan fingerprint density at radius 1 is 1.52 bits per heavy atom. The molecule has 1 fully saturated rings. The molecule has 0 radical (unpaired) electrons. The van der Waals surface area contributed by atoms with Gasteiger partial charge in [0.05, 0.1) is 12.0 Å². The third kappa shape index (κ3) is 3.08. The lowest BCUT2D eigenvalue weighted by Crippen LogP contribution is -2.33. The van der Waals surface area contributed by atoms with Gasteiger partial charge in [0.2, 0.25) is 10.0 Å². The van der Waals surface area contributed by atoms with Gasteiger partial charge in [-0.15, -0.1) is 6.58 Å². The van der Waals surface area contributed by atoms with Crippen molar-refractivity contribution in [3.05, 3.63) is 36.4 Å². The van der Waals surface area contributed by atoms with E-state index in [0.29, 0.717) is 0 Å². The van der Waals surface area contributed by atoms with Crippen LogP contribution in [0.2, 0.25) is 0 Å². The number of methoxy groups -OCH3 is 1. The van der Waals surface area contributed by atoms with Gasteiger partial charge in [-0.05, 0) is 31.0 Å². The number of nitrogens with zero attached hydrogens (tertiary/aromatic N) is 1. The van der Waals surface area contributed by atoms with Crippen molar-refractivity contribution < 1.29 is 23.1 Å². The molecule has 0 unspecified atom stereocenters. The number of rotatable bonds is 7. The molecule has 0 spiro atoms. The number of hydrogen-bond acceptors (Lipinski definition) is 4. The van der Waals surface area contributed by atoms with Gasteiger partial charge in [0.1, 0.15) is 11.3 Å². The highest BCUT2D eigenvalue weighted by Gasteiger charge is 2.37. The van der Waals surface area contributed by atoms with Gasteiger partial charge in [-0.25, -0.2) is 13.2 Å². The predicted octanol–water partition coefficient (Wildman–Crippen LogP) is 1.73. The lowest BCUT2D eigenvalue weighted by molar-refractivity contribution is 0.0693. The van der Waals surface area contributed by atoms with E-state index < -0.39 is 16.0 Å². The molecule has 1 aromatic carbocycles. The van der Waals surface area contributed by atoms with Gasteiger partial charge in [-0.1, -0.05) is 6.08 Å². The maximum Gasteiger partial charge on any atom is 0.339 e. The fraction of sp³-hybridized carbons (Fsp3) is 0.357. The number of hydrogen-bond donors (Lipinski definition) is 1. The molecule has 0 aliphatic heterocycles. The van der Waals surface area contributed by atoms with Gasteiger partial charge < -0.3 is 9.84 Å². The van der Waals surface area contributed by atoms with Gasteiger partial charge in [-0.3, -0.25) is 0 Å². The van der Waals surface area contributed by atoms with E-state index in [0.717, 1.165) is 18.9 Å². The van der Waals surface area contributed by atoms with Crippen LogP contribution in [-0.4, -0.2) is 43.5 Å². The van der Waals surface area contributed by atoms with E-state index in [1.54, 1.807) is 0 Å². The fourth-order valence-corrected chi connectivity index (χ4v) is 3.77. The van der Waals surface area contributed by atoms with E-state index >= 15 is 0 Å². The Balaban J connectivity index is 2.46. The highest BCUT2D eigenvalue weighted by atomic mass is 32.2. The first kappa shape index (κ1) is 15.5. The summed E-state index contributed by atoms with van der Waals surface area (Å²) in [7, 11) is -2.40. The van der Waals surface area contributed by atoms with E-state index in [1.165, 1.54) is 29.6 Å². The summed E-state index contributed by atoms with van der Waals surface area (Å²) < 4.78 is 31.5. The number of carboxylic acids is 1. The van der Waals surface area contributed by atoms with Gasteiger partial charge in [-0.2, -0.15) is 4.31 Å². The molecular weight excluding hydrogens is 294 g/mol. The number of sulfonamides is 1. The van der Waals surface area contributed by atoms with E-state index in [2.05, 4.69) is 6.58 Å². The molecular formula is C14H17NO5S. The van der Waals surface area contributed by atoms with Crippen molar-refractivity contribution in [2.45, 2.75) is 23.8 Å². The molecule has 1 aromatic rings. The molecule has 0 bridgehead atoms. The monoisotopic (exact) mass is 311 g/mol. The van der Waals surface area contributed by atoms with E-state index in [1.807, 2.05) is 0 Å². The lowest BCUT2D eigenvalue weighted by atomic mass is 10.2. The topological polar surface area (TPSA) is 83.9 Å². The van der Waals surface area contributed by atoms with Crippen LogP contribution in [0.15, 0.2) is 35.7 Å². The standard InChI is InChI=1S/C14H17NO5S/c1-3-8-15(10-4-5-10)21(18,19)11-6-7-13(20-2)12(9-11)14(16)17/h3,6-7,9-10H,1,4-5,8H2,2H3,(H,16,17). The number of aromatic carboxylic acids is 1. The van der Waals surface area contributed by atoms with Crippen LogP contribution >= 0.6 is 0 Å². The van der Waals surface area contributed by atoms with Crippen molar-refractivity contribution in [2.75, 3.05) is 13.7 Å². The molecule has 0 heterocycles. The lowest BCUT2D eigenvalue weighted by Gasteiger charge is -2.20. The molecule has 0 aromatic heterocycles. The molecule has 0 amide bonds. The van der Waals surface area contributed by atoms with Crippen LogP contribution < -0.4 is 4.74 Å². The summed E-state index contributed by atoms with van der Waals surface area (Å²) >= 11 is 0. The second-order valence-electron chi connectivity index (χ2n) is 4.76. The Morgan fingerprint density at radius 3 is 2.67 bits per heavy atom. The minimum absolute atomic E-state index is 0.0246. The Kier molecular flexibility index (Phi) is 4.34. The third-order valence-electron chi connectivity index (χ3n) is 3.27. The van der Waals surface area contributed by atoms with Crippen molar-refractivity contribution >= 4 is 16.0 Å². The molecule has 2 rings (SSSR count). The van der Waals surface area contributed by atoms with Crippen molar-refractivity contribution in [3.8, 4) is 5.75 Å². The minimum atomic E-state index is -3.74. The highest BCUT2D eigenvalue weighted by molar-refractivity contribution is 7.89. The van der Waals surface area contributed by atoms with Crippen LogP contribution in [0, 0.1) is 0 Å². The molecule has 7 heteroatoms. The minimum Gasteiger partial charge on any atom is -0.496 e. The zero-order valence-corrected chi connectivity index (χ0v) is 12.5. The Labute approximate surface area is 123 Å². The maximum absolute atomic E-state index is 12.6. The molecule has 21 heavy (non-hydrogen) atoms. The molecule has 1 aliphatic carbocycles. The summed E-state index contributed by atoms with van der Waals surface area (Å²) in [6.45, 7) is 3.78. The second kappa shape index (κ2) is 5.87. The quantitative estimate of drug-likeness (QED) is 0.775. The Morgan fingerprint density at radius 2 is 2.19 bits per heavy atom. The SMILES string of the molecule is C=CCN(C1CC1)S(=O)(=O)c1ccc(OC)c(C(=O)O)c1. The molecule has 1 aliphatic rings. The fourth-order valence-electron chi connectivity index (χ4n) is 2.08. The molecule has 0 saturated heterocycles. The summed E-state index contributed by atoms with van der Waals surface area (Å²) in [5, 5.41) is 9.15. The van der Waals surface area contributed by atoms with E-state index in [4.69, 9.17) is 9.84 Å². The average molecular weight is 311 g/mol. The second-order valence-corrected chi connectivity index (χ2v) is 6.65. The summed E-state index contributed by atoms with van der Waals surface area (Å²) in [4.78, 5) is 11.2. The van der Waals surface area contributed by atoms with E-state index in [9.17, 15) is 13.2 Å². The molecule has 0 atom stereocenters. The van der Waals surface area contributed by atoms with Crippen LogP contribution in [0.3, 0.4) is 0 Å². The summed E-state index contributed by atoms with van der Waals surface area (Å²) in [5.74, 6) is -1.10. The third-order valence-corrected chi connectivity index (χ3v) is 5.19. The van der Waals surface area contributed by atoms with E-state index in [-0.39, 0.29) is 28.8 Å². The van der Waals surface area contributed by atoms with Crippen LogP contribution in [-0.2, 0) is 10.0 Å². The first-order valence-corrected chi connectivity index (χ1v) is 7.90. The number of carbonyl (C=O) groups is 1. The Hall–Kier alpha value is -1.86. The van der Waals surface area contributed by atoms with Crippen LogP contribution in [0.25, 0.3) is 0 Å².